The molecule has 0 heterocycles. The summed E-state index contributed by atoms with van der Waals surface area (Å²) in [5, 5.41) is 42.8. The third-order valence-corrected chi connectivity index (χ3v) is 1.72. The molecule has 0 aromatic rings. The molecule has 8 N–H and O–H groups in total. The van der Waals surface area contributed by atoms with Gasteiger partial charge in [0, 0.05) is 12.3 Å². The largest absolute Gasteiger partial charge is 0.371 e. The zero-order valence-corrected chi connectivity index (χ0v) is 13.5. The molecule has 0 aliphatic heterocycles. The Morgan fingerprint density at radius 3 is 0.950 bits per heavy atom. The van der Waals surface area contributed by atoms with Crippen LogP contribution in [0.3, 0.4) is 0 Å². The molecule has 124 valence electrons. The van der Waals surface area contributed by atoms with Crippen LogP contribution in [0.4, 0.5) is 0 Å². The van der Waals surface area contributed by atoms with Crippen LogP contribution >= 0.6 is 25.4 Å². The molecule has 0 amide bonds. The monoisotopic (exact) mass is 357 g/mol. The Kier molecular flexibility index (Phi) is 98.7. The van der Waals surface area contributed by atoms with E-state index < -0.39 is 20.4 Å². The van der Waals surface area contributed by atoms with Crippen molar-refractivity contribution in [2.45, 2.75) is 6.42 Å². The Balaban J connectivity index is -0.0000000501. The quantitative estimate of drug-likeness (QED) is 0.181. The SMILES string of the molecule is NCP=O.O=PCCCP=O.OCO.OCO.OCO. The fourth-order valence-corrected chi connectivity index (χ4v) is 1.02. The van der Waals surface area contributed by atoms with Crippen molar-refractivity contribution in [1.29, 1.82) is 0 Å². The van der Waals surface area contributed by atoms with Crippen LogP contribution in [0.25, 0.3) is 0 Å². The smallest absolute Gasteiger partial charge is 0.170 e. The molecule has 0 aromatic carbocycles. The molecule has 0 saturated carbocycles. The van der Waals surface area contributed by atoms with Gasteiger partial charge in [-0.2, -0.15) is 0 Å². The fraction of sp³-hybridized carbons (Fsp3) is 1.00. The minimum Gasteiger partial charge on any atom is -0.371 e. The molecule has 0 aromatic heterocycles. The molecule has 0 aliphatic carbocycles. The molecule has 13 heteroatoms. The Bertz CT molecular complexity index is 143. The molecule has 0 rings (SSSR count). The maximum Gasteiger partial charge on any atom is 0.170 e. The Labute approximate surface area is 121 Å². The first kappa shape index (κ1) is 32.1. The van der Waals surface area contributed by atoms with Gasteiger partial charge in [0.15, 0.2) is 25.4 Å². The average molecular weight is 357 g/mol. The van der Waals surface area contributed by atoms with Gasteiger partial charge in [-0.15, -0.1) is 0 Å². The van der Waals surface area contributed by atoms with E-state index in [2.05, 4.69) is 0 Å². The summed E-state index contributed by atoms with van der Waals surface area (Å²) in [6.07, 6.45) is 2.29. The van der Waals surface area contributed by atoms with Crippen molar-refractivity contribution >= 4 is 25.4 Å². The first-order valence-corrected chi connectivity index (χ1v) is 7.79. The maximum absolute atomic E-state index is 9.67. The summed E-state index contributed by atoms with van der Waals surface area (Å²) in [6, 6.07) is 0. The van der Waals surface area contributed by atoms with Crippen LogP contribution in [0.2, 0.25) is 0 Å². The van der Waals surface area contributed by atoms with Gasteiger partial charge >= 0.3 is 0 Å². The molecule has 0 spiro atoms. The highest BCUT2D eigenvalue weighted by molar-refractivity contribution is 7.24. The van der Waals surface area contributed by atoms with Crippen LogP contribution in [0, 0.1) is 0 Å². The van der Waals surface area contributed by atoms with Crippen molar-refractivity contribution in [1.82, 2.24) is 0 Å². The molecule has 10 nitrogen and oxygen atoms in total. The van der Waals surface area contributed by atoms with Gasteiger partial charge in [-0.1, -0.05) is 0 Å². The summed E-state index contributed by atoms with van der Waals surface area (Å²) < 4.78 is 28.5. The van der Waals surface area contributed by atoms with Gasteiger partial charge in [0.1, 0.15) is 20.4 Å². The predicted molar refractivity (Wildman–Crippen MR) is 74.1 cm³/mol. The summed E-state index contributed by atoms with van der Waals surface area (Å²) in [4.78, 5) is 0. The Hall–Kier alpha value is 0.0200. The molecule has 20 heavy (non-hydrogen) atoms. The van der Waals surface area contributed by atoms with Gasteiger partial charge in [-0.25, -0.2) is 0 Å². The molecule has 0 bridgehead atoms. The van der Waals surface area contributed by atoms with E-state index >= 15 is 0 Å². The number of aliphatic hydroxyl groups is 6. The zero-order chi connectivity index (χ0) is 17.1. The van der Waals surface area contributed by atoms with E-state index in [1.807, 2.05) is 0 Å². The predicted octanol–water partition coefficient (Wildman–Crippen LogP) is -1.06. The maximum atomic E-state index is 9.67. The van der Waals surface area contributed by atoms with Crippen LogP contribution < -0.4 is 5.73 Å². The number of hydrogen-bond donors (Lipinski definition) is 7. The average Bonchev–Trinajstić information content (AvgIpc) is 2.42. The van der Waals surface area contributed by atoms with Crippen LogP contribution in [-0.2, 0) is 13.7 Å². The van der Waals surface area contributed by atoms with Crippen molar-refractivity contribution < 1.29 is 44.3 Å². The van der Waals surface area contributed by atoms with Crippen LogP contribution in [0.15, 0.2) is 0 Å². The highest BCUT2D eigenvalue weighted by Gasteiger charge is 1.82. The highest BCUT2D eigenvalue weighted by atomic mass is 31.1. The van der Waals surface area contributed by atoms with Crippen molar-refractivity contribution in [2.24, 2.45) is 5.73 Å². The molecule has 0 radical (unpaired) electrons. The second kappa shape index (κ2) is 61.5. The summed E-state index contributed by atoms with van der Waals surface area (Å²) >= 11 is 0. The van der Waals surface area contributed by atoms with Crippen LogP contribution in [0.1, 0.15) is 6.42 Å². The lowest BCUT2D eigenvalue weighted by Crippen LogP contribution is -1.84. The summed E-state index contributed by atoms with van der Waals surface area (Å²) in [5.74, 6) is 0. The van der Waals surface area contributed by atoms with Crippen molar-refractivity contribution in [2.75, 3.05) is 39.0 Å². The molecular formula is C7H22NO9P3. The van der Waals surface area contributed by atoms with Gasteiger partial charge in [-0.05, 0) is 6.42 Å². The highest BCUT2D eigenvalue weighted by Crippen LogP contribution is 2.00. The van der Waals surface area contributed by atoms with E-state index in [0.717, 1.165) is 6.42 Å². The van der Waals surface area contributed by atoms with E-state index in [1.165, 1.54) is 0 Å². The fourth-order valence-electron chi connectivity index (χ4n) is 0.200. The van der Waals surface area contributed by atoms with Gasteiger partial charge in [-0.3, -0.25) is 13.7 Å². The number of rotatable bonds is 5. The van der Waals surface area contributed by atoms with E-state index in [9.17, 15) is 9.13 Å². The number of hydrogen-bond acceptors (Lipinski definition) is 10. The Morgan fingerprint density at radius 2 is 0.850 bits per heavy atom. The molecule has 0 aliphatic rings. The van der Waals surface area contributed by atoms with Crippen molar-refractivity contribution in [3.8, 4) is 0 Å². The number of nitrogens with two attached hydrogens (primary N) is 1. The number of aliphatic hydroxyl groups excluding tert-OH is 3. The molecule has 0 saturated heterocycles. The first-order valence-electron chi connectivity index (χ1n) is 4.80. The van der Waals surface area contributed by atoms with E-state index in [1.54, 1.807) is 0 Å². The molecule has 0 fully saturated rings. The van der Waals surface area contributed by atoms with Crippen LogP contribution in [0.5, 0.6) is 0 Å². The van der Waals surface area contributed by atoms with E-state index in [-0.39, 0.29) is 31.7 Å². The second-order valence-corrected chi connectivity index (χ2v) is 3.83. The molecular weight excluding hydrogens is 335 g/mol. The summed E-state index contributed by atoms with van der Waals surface area (Å²) in [6.45, 7) is -2.25. The van der Waals surface area contributed by atoms with Gasteiger partial charge in [0.25, 0.3) is 0 Å². The first-order chi connectivity index (χ1) is 9.57. The normalized spacial score (nSPS) is 7.95. The third kappa shape index (κ3) is 207. The lowest BCUT2D eigenvalue weighted by Gasteiger charge is -1.76. The lowest BCUT2D eigenvalue weighted by molar-refractivity contribution is 0.0767. The van der Waals surface area contributed by atoms with E-state index in [0.29, 0.717) is 12.3 Å². The van der Waals surface area contributed by atoms with Gasteiger partial charge in [0.2, 0.25) is 0 Å². The van der Waals surface area contributed by atoms with Gasteiger partial charge < -0.3 is 36.4 Å². The molecule has 0 atom stereocenters. The standard InChI is InChI=1S/C3H6O2P2.CH4NOP.3CH4O2/c4-6-2-1-3-7-5;2-1-4-3;3*2-1-3/h1-3H2;1-2H2;3*2-3H,1H2. The zero-order valence-electron chi connectivity index (χ0n) is 10.8. The second-order valence-electron chi connectivity index (χ2n) is 1.79. The van der Waals surface area contributed by atoms with E-state index in [4.69, 9.17) is 40.9 Å². The van der Waals surface area contributed by atoms with Crippen molar-refractivity contribution in [3.63, 3.8) is 0 Å². The third-order valence-electron chi connectivity index (χ3n) is 0.573. The summed E-state index contributed by atoms with van der Waals surface area (Å²) in [7, 11) is 0.349. The summed E-state index contributed by atoms with van der Waals surface area (Å²) in [5.41, 5.74) is 4.70. The minimum absolute atomic E-state index is 0.0262. The lowest BCUT2D eigenvalue weighted by atomic mass is 10.6. The van der Waals surface area contributed by atoms with Gasteiger partial charge in [0.05, 0.1) is 6.29 Å². The Morgan fingerprint density at radius 1 is 0.650 bits per heavy atom. The molecule has 0 unspecified atom stereocenters. The van der Waals surface area contributed by atoms with Crippen molar-refractivity contribution in [3.05, 3.63) is 0 Å². The minimum atomic E-state index is -0.750. The topological polar surface area (TPSA) is 199 Å². The van der Waals surface area contributed by atoms with Crippen LogP contribution in [-0.4, -0.2) is 69.6 Å².